The van der Waals surface area contributed by atoms with Crippen molar-refractivity contribution in [2.45, 2.75) is 80.1 Å². The number of carbonyl (C=O) groups is 1. The summed E-state index contributed by atoms with van der Waals surface area (Å²) >= 11 is 0. The number of aryl methyl sites for hydroxylation is 1. The lowest BCUT2D eigenvalue weighted by atomic mass is 9.92. The van der Waals surface area contributed by atoms with Crippen LogP contribution in [-0.4, -0.2) is 21.6 Å². The molecule has 2 rings (SSSR count). The number of aromatic nitrogens is 2. The minimum absolute atomic E-state index is 0.151. The Hall–Kier alpha value is -3.41. The Morgan fingerprint density at radius 2 is 1.83 bits per heavy atom. The van der Waals surface area contributed by atoms with Crippen molar-refractivity contribution in [3.63, 3.8) is 0 Å². The number of hydrogen-bond acceptors (Lipinski definition) is 3. The molecule has 0 atom stereocenters. The molecule has 6 nitrogen and oxygen atoms in total. The van der Waals surface area contributed by atoms with Crippen molar-refractivity contribution in [3.05, 3.63) is 77.2 Å². The first kappa shape index (κ1) is 27.8. The second kappa shape index (κ2) is 12.9. The zero-order valence-electron chi connectivity index (χ0n) is 22.6. The first-order chi connectivity index (χ1) is 16.5. The maximum Gasteiger partial charge on any atom is 0.325 e. The molecular formula is C29H41N5O. The first-order valence-electron chi connectivity index (χ1n) is 12.3. The molecule has 0 aliphatic heterocycles. The maximum atomic E-state index is 12.7. The van der Waals surface area contributed by atoms with Crippen LogP contribution >= 0.6 is 0 Å². The van der Waals surface area contributed by atoms with Crippen LogP contribution in [0.5, 0.6) is 0 Å². The number of amides is 2. The van der Waals surface area contributed by atoms with E-state index >= 15 is 0 Å². The molecule has 2 aromatic rings. The van der Waals surface area contributed by atoms with Gasteiger partial charge in [0.1, 0.15) is 11.7 Å². The monoisotopic (exact) mass is 475 g/mol. The fourth-order valence-corrected chi connectivity index (χ4v) is 3.41. The molecule has 1 aromatic carbocycles. The highest BCUT2D eigenvalue weighted by Crippen LogP contribution is 2.26. The Kier molecular flexibility index (Phi) is 10.2. The molecule has 35 heavy (non-hydrogen) atoms. The van der Waals surface area contributed by atoms with Crippen molar-refractivity contribution >= 4 is 17.7 Å². The number of hydrogen-bond donors (Lipinski definition) is 2. The summed E-state index contributed by atoms with van der Waals surface area (Å²) in [6.07, 6.45) is 11.2. The van der Waals surface area contributed by atoms with Crippen LogP contribution in [0.1, 0.15) is 79.0 Å². The molecule has 1 aromatic heterocycles. The molecule has 0 radical (unpaired) electrons. The number of anilines is 1. The molecule has 0 bridgehead atoms. The molecule has 0 spiro atoms. The molecule has 0 saturated carbocycles. The van der Waals surface area contributed by atoms with Gasteiger partial charge in [0.25, 0.3) is 0 Å². The fraction of sp³-hybridized carbons (Fsp3) is 0.414. The third-order valence-electron chi connectivity index (χ3n) is 5.43. The smallest absolute Gasteiger partial charge is 0.296 e. The second-order valence-electron chi connectivity index (χ2n) is 9.87. The average molecular weight is 476 g/mol. The number of carbonyl (C=O) groups excluding carboxylic acids is 1. The van der Waals surface area contributed by atoms with E-state index in [1.807, 2.05) is 50.4 Å². The van der Waals surface area contributed by atoms with Gasteiger partial charge in [-0.3, -0.25) is 10.6 Å². The van der Waals surface area contributed by atoms with Gasteiger partial charge >= 0.3 is 6.03 Å². The molecule has 2 N–H and O–H groups in total. The summed E-state index contributed by atoms with van der Waals surface area (Å²) in [5, 5.41) is 10.5. The van der Waals surface area contributed by atoms with Crippen LogP contribution in [-0.2, 0) is 5.41 Å². The third kappa shape index (κ3) is 9.04. The quantitative estimate of drug-likeness (QED) is 0.234. The number of allylic oxidation sites excluding steroid dienone is 5. The Bertz CT molecular complexity index is 1110. The summed E-state index contributed by atoms with van der Waals surface area (Å²) < 4.78 is 1.77. The van der Waals surface area contributed by atoms with E-state index in [4.69, 9.17) is 5.10 Å². The lowest BCUT2D eigenvalue weighted by Crippen LogP contribution is -2.33. The number of rotatable bonds is 8. The van der Waals surface area contributed by atoms with Crippen LogP contribution in [0, 0.1) is 6.92 Å². The Morgan fingerprint density at radius 3 is 2.43 bits per heavy atom. The number of urea groups is 1. The molecule has 2 amide bonds. The second-order valence-corrected chi connectivity index (χ2v) is 9.87. The van der Waals surface area contributed by atoms with Gasteiger partial charge in [-0.25, -0.2) is 14.5 Å². The van der Waals surface area contributed by atoms with Gasteiger partial charge in [0.2, 0.25) is 0 Å². The zero-order valence-corrected chi connectivity index (χ0v) is 22.6. The highest BCUT2D eigenvalue weighted by atomic mass is 16.2. The largest absolute Gasteiger partial charge is 0.325 e. The van der Waals surface area contributed by atoms with E-state index < -0.39 is 0 Å². The van der Waals surface area contributed by atoms with Gasteiger partial charge in [-0.05, 0) is 59.1 Å². The minimum Gasteiger partial charge on any atom is -0.296 e. The van der Waals surface area contributed by atoms with E-state index in [-0.39, 0.29) is 11.4 Å². The van der Waals surface area contributed by atoms with Gasteiger partial charge < -0.3 is 0 Å². The summed E-state index contributed by atoms with van der Waals surface area (Å²) in [6, 6.07) is 9.62. The summed E-state index contributed by atoms with van der Waals surface area (Å²) in [4.78, 5) is 17.2. The van der Waals surface area contributed by atoms with Crippen molar-refractivity contribution < 1.29 is 4.79 Å². The fourth-order valence-electron chi connectivity index (χ4n) is 3.41. The molecule has 0 aliphatic rings. The standard InChI is InChI=1S/C29H41N5O/c1-9-11-24(12-10-2)16-13-22(4)20-30-23(5)31-28(35)32-27-19-26(29(6,7)8)33-34(27)25-17-14-21(3)15-18-25/h9,11-12,14-15,17-20H,10,13,16H2,1-8H3,(H2,30,31,32,35)/b11-9-,22-20+,24-12+. The number of amidine groups is 1. The topological polar surface area (TPSA) is 71.3 Å². The Morgan fingerprint density at radius 1 is 1.14 bits per heavy atom. The number of nitrogens with one attached hydrogen (secondary N) is 2. The van der Waals surface area contributed by atoms with Gasteiger partial charge in [-0.1, -0.05) is 74.8 Å². The molecule has 0 saturated heterocycles. The zero-order chi connectivity index (χ0) is 26.0. The van der Waals surface area contributed by atoms with E-state index in [0.29, 0.717) is 11.7 Å². The van der Waals surface area contributed by atoms with E-state index in [2.05, 4.69) is 68.5 Å². The Balaban J connectivity index is 2.10. The van der Waals surface area contributed by atoms with Gasteiger partial charge in [0.05, 0.1) is 11.4 Å². The van der Waals surface area contributed by atoms with E-state index in [0.717, 1.165) is 36.2 Å². The van der Waals surface area contributed by atoms with Gasteiger partial charge in [0, 0.05) is 17.7 Å². The van der Waals surface area contributed by atoms with Crippen molar-refractivity contribution in [2.75, 3.05) is 5.32 Å². The highest BCUT2D eigenvalue weighted by molar-refractivity contribution is 6.02. The van der Waals surface area contributed by atoms with Crippen LogP contribution in [0.15, 0.2) is 70.9 Å². The van der Waals surface area contributed by atoms with E-state index in [1.165, 1.54) is 11.1 Å². The lowest BCUT2D eigenvalue weighted by Gasteiger charge is -2.14. The summed E-state index contributed by atoms with van der Waals surface area (Å²) in [5.41, 5.74) is 5.29. The number of nitrogens with zero attached hydrogens (tertiary/aromatic N) is 3. The minimum atomic E-state index is -0.354. The molecule has 0 fully saturated rings. The molecule has 1 heterocycles. The number of aliphatic imine (C=N–C) groups is 1. The summed E-state index contributed by atoms with van der Waals surface area (Å²) in [6.45, 7) is 16.4. The van der Waals surface area contributed by atoms with Gasteiger partial charge in [-0.2, -0.15) is 5.10 Å². The lowest BCUT2D eigenvalue weighted by molar-refractivity contribution is 0.256. The Labute approximate surface area is 210 Å². The predicted octanol–water partition coefficient (Wildman–Crippen LogP) is 7.61. The van der Waals surface area contributed by atoms with Gasteiger partial charge in [-0.15, -0.1) is 0 Å². The number of benzene rings is 1. The van der Waals surface area contributed by atoms with Crippen LogP contribution in [0.25, 0.3) is 5.69 Å². The van der Waals surface area contributed by atoms with Crippen LogP contribution in [0.3, 0.4) is 0 Å². The van der Waals surface area contributed by atoms with Crippen molar-refractivity contribution in [1.29, 1.82) is 0 Å². The third-order valence-corrected chi connectivity index (χ3v) is 5.43. The normalized spacial score (nSPS) is 13.4. The molecule has 0 aliphatic carbocycles. The summed E-state index contributed by atoms with van der Waals surface area (Å²) in [7, 11) is 0. The van der Waals surface area contributed by atoms with Crippen LogP contribution < -0.4 is 10.6 Å². The van der Waals surface area contributed by atoms with Crippen LogP contribution in [0.2, 0.25) is 0 Å². The van der Waals surface area contributed by atoms with Crippen molar-refractivity contribution in [1.82, 2.24) is 15.1 Å². The SMILES string of the molecule is C/C=C\C(=C/CC)CC/C(C)=C/N=C(\C)NC(=O)Nc1cc(C(C)(C)C)nn1-c1ccc(C)cc1. The molecule has 188 valence electrons. The highest BCUT2D eigenvalue weighted by Gasteiger charge is 2.21. The maximum absolute atomic E-state index is 12.7. The van der Waals surface area contributed by atoms with Crippen molar-refractivity contribution in [3.8, 4) is 5.69 Å². The average Bonchev–Trinajstić information content (AvgIpc) is 3.21. The van der Waals surface area contributed by atoms with Gasteiger partial charge in [0.15, 0.2) is 0 Å². The van der Waals surface area contributed by atoms with Crippen LogP contribution in [0.4, 0.5) is 10.6 Å². The molecule has 6 heteroatoms. The summed E-state index contributed by atoms with van der Waals surface area (Å²) in [5.74, 6) is 1.13. The first-order valence-corrected chi connectivity index (χ1v) is 12.3. The predicted molar refractivity (Wildman–Crippen MR) is 148 cm³/mol. The van der Waals surface area contributed by atoms with E-state index in [9.17, 15) is 4.79 Å². The van der Waals surface area contributed by atoms with E-state index in [1.54, 1.807) is 11.6 Å². The molecular weight excluding hydrogens is 434 g/mol. The van der Waals surface area contributed by atoms with Crippen molar-refractivity contribution in [2.24, 2.45) is 4.99 Å². The molecule has 0 unspecified atom stereocenters.